The standard InChI is InChI=1S/C54H90O6/c1-4-7-10-13-16-19-21-23-24-25-26-27-28-29-30-32-33-35-38-41-44-47-53(56)59-50-51(49-58-52(55)46-43-40-37-18-15-12-9-6-3)60-54(57)48-45-42-39-36-34-31-22-20-17-14-11-8-5-2/h7,10-11,14,16,19-20,22-24,26-27,29-30,51H,4-6,8-9,12-13,15,17-18,21,25,28,31-50H2,1-3H3/b10-7-,14-11-,19-16-,22-20-,24-23-,27-26-,30-29-. The Labute approximate surface area is 369 Å². The molecule has 0 rings (SSSR count). The SMILES string of the molecule is CC/C=C\C/C=C\C/C=C\C/C=C\C/C=C\CCCCCCCC(=O)OCC(COC(=O)CCCCCCCCCC)OC(=O)CCCCCCC/C=C\C/C=C\CCC. The number of hydrogen-bond donors (Lipinski definition) is 0. The van der Waals surface area contributed by atoms with Gasteiger partial charge in [0.05, 0.1) is 0 Å². The lowest BCUT2D eigenvalue weighted by Crippen LogP contribution is -2.30. The number of allylic oxidation sites excluding steroid dienone is 14. The van der Waals surface area contributed by atoms with E-state index in [4.69, 9.17) is 14.2 Å². The zero-order valence-corrected chi connectivity index (χ0v) is 38.9. The molecule has 0 bridgehead atoms. The zero-order chi connectivity index (χ0) is 43.7. The summed E-state index contributed by atoms with van der Waals surface area (Å²) in [6, 6.07) is 0. The quantitative estimate of drug-likeness (QED) is 0.0263. The van der Waals surface area contributed by atoms with Gasteiger partial charge in [0.2, 0.25) is 0 Å². The van der Waals surface area contributed by atoms with E-state index in [-0.39, 0.29) is 31.1 Å². The predicted octanol–water partition coefficient (Wildman–Crippen LogP) is 16.0. The van der Waals surface area contributed by atoms with Crippen LogP contribution in [-0.2, 0) is 28.6 Å². The summed E-state index contributed by atoms with van der Waals surface area (Å²) in [5, 5.41) is 0. The third-order valence-electron chi connectivity index (χ3n) is 10.1. The first kappa shape index (κ1) is 56.6. The molecule has 0 radical (unpaired) electrons. The minimum atomic E-state index is -0.788. The summed E-state index contributed by atoms with van der Waals surface area (Å²) in [5.74, 6) is -0.931. The van der Waals surface area contributed by atoms with E-state index in [0.29, 0.717) is 19.3 Å². The molecule has 6 nitrogen and oxygen atoms in total. The molecular weight excluding hydrogens is 745 g/mol. The van der Waals surface area contributed by atoms with E-state index >= 15 is 0 Å². The Morgan fingerprint density at radius 3 is 1.08 bits per heavy atom. The number of esters is 3. The molecule has 0 aliphatic carbocycles. The van der Waals surface area contributed by atoms with Crippen molar-refractivity contribution in [3.63, 3.8) is 0 Å². The summed E-state index contributed by atoms with van der Waals surface area (Å²) in [5.41, 5.74) is 0. The molecule has 0 aliphatic rings. The second kappa shape index (κ2) is 48.3. The number of unbranched alkanes of at least 4 members (excludes halogenated alkanes) is 18. The molecule has 0 spiro atoms. The van der Waals surface area contributed by atoms with Crippen LogP contribution in [-0.4, -0.2) is 37.2 Å². The van der Waals surface area contributed by atoms with Crippen LogP contribution in [0.2, 0.25) is 0 Å². The van der Waals surface area contributed by atoms with Crippen LogP contribution >= 0.6 is 0 Å². The van der Waals surface area contributed by atoms with Crippen molar-refractivity contribution in [3.05, 3.63) is 85.1 Å². The number of rotatable bonds is 43. The van der Waals surface area contributed by atoms with Gasteiger partial charge in [-0.05, 0) is 89.9 Å². The van der Waals surface area contributed by atoms with Crippen molar-refractivity contribution in [1.82, 2.24) is 0 Å². The van der Waals surface area contributed by atoms with E-state index in [0.717, 1.165) is 141 Å². The number of ether oxygens (including phenoxy) is 3. The van der Waals surface area contributed by atoms with Gasteiger partial charge in [-0.2, -0.15) is 0 Å². The fourth-order valence-electron chi connectivity index (χ4n) is 6.45. The molecule has 0 saturated heterocycles. The normalized spacial score (nSPS) is 12.8. The monoisotopic (exact) mass is 835 g/mol. The van der Waals surface area contributed by atoms with E-state index in [1.54, 1.807) is 0 Å². The molecule has 0 N–H and O–H groups in total. The van der Waals surface area contributed by atoms with E-state index in [2.05, 4.69) is 106 Å². The topological polar surface area (TPSA) is 78.9 Å². The van der Waals surface area contributed by atoms with Crippen LogP contribution < -0.4 is 0 Å². The number of hydrogen-bond acceptors (Lipinski definition) is 6. The highest BCUT2D eigenvalue weighted by Crippen LogP contribution is 2.13. The predicted molar refractivity (Wildman–Crippen MR) is 256 cm³/mol. The van der Waals surface area contributed by atoms with Crippen LogP contribution in [0, 0.1) is 0 Å². The van der Waals surface area contributed by atoms with Gasteiger partial charge in [-0.3, -0.25) is 14.4 Å². The molecule has 0 aliphatic heterocycles. The molecule has 0 aromatic carbocycles. The first-order valence-electron chi connectivity index (χ1n) is 24.6. The largest absolute Gasteiger partial charge is 0.462 e. The molecular formula is C54H90O6. The van der Waals surface area contributed by atoms with Gasteiger partial charge in [0.25, 0.3) is 0 Å². The highest BCUT2D eigenvalue weighted by molar-refractivity contribution is 5.71. The smallest absolute Gasteiger partial charge is 0.306 e. The average molecular weight is 835 g/mol. The first-order valence-corrected chi connectivity index (χ1v) is 24.6. The molecule has 1 unspecified atom stereocenters. The molecule has 0 amide bonds. The zero-order valence-electron chi connectivity index (χ0n) is 38.9. The fourth-order valence-corrected chi connectivity index (χ4v) is 6.45. The lowest BCUT2D eigenvalue weighted by atomic mass is 10.1. The molecule has 0 aromatic heterocycles. The summed E-state index contributed by atoms with van der Waals surface area (Å²) >= 11 is 0. The molecule has 342 valence electrons. The summed E-state index contributed by atoms with van der Waals surface area (Å²) in [6.07, 6.45) is 61.4. The highest BCUT2D eigenvalue weighted by Gasteiger charge is 2.19. The lowest BCUT2D eigenvalue weighted by molar-refractivity contribution is -0.167. The van der Waals surface area contributed by atoms with Gasteiger partial charge in [0.1, 0.15) is 13.2 Å². The molecule has 0 saturated carbocycles. The summed E-state index contributed by atoms with van der Waals surface area (Å²) < 4.78 is 16.7. The lowest BCUT2D eigenvalue weighted by Gasteiger charge is -2.18. The van der Waals surface area contributed by atoms with E-state index in [9.17, 15) is 14.4 Å². The van der Waals surface area contributed by atoms with E-state index in [1.807, 2.05) is 0 Å². The molecule has 1 atom stereocenters. The molecule has 0 heterocycles. The molecule has 60 heavy (non-hydrogen) atoms. The maximum absolute atomic E-state index is 12.7. The van der Waals surface area contributed by atoms with Crippen LogP contribution in [0.1, 0.15) is 220 Å². The van der Waals surface area contributed by atoms with Crippen molar-refractivity contribution in [3.8, 4) is 0 Å². The number of carbonyl (C=O) groups excluding carboxylic acids is 3. The van der Waals surface area contributed by atoms with Crippen molar-refractivity contribution in [1.29, 1.82) is 0 Å². The molecule has 0 aromatic rings. The van der Waals surface area contributed by atoms with Gasteiger partial charge in [-0.25, -0.2) is 0 Å². The minimum absolute atomic E-state index is 0.0886. The maximum atomic E-state index is 12.7. The van der Waals surface area contributed by atoms with Gasteiger partial charge in [-0.1, -0.05) is 196 Å². The van der Waals surface area contributed by atoms with Crippen molar-refractivity contribution >= 4 is 17.9 Å². The highest BCUT2D eigenvalue weighted by atomic mass is 16.6. The summed E-state index contributed by atoms with van der Waals surface area (Å²) in [7, 11) is 0. The maximum Gasteiger partial charge on any atom is 0.306 e. The van der Waals surface area contributed by atoms with E-state index < -0.39 is 6.10 Å². The Morgan fingerprint density at radius 2 is 0.683 bits per heavy atom. The summed E-state index contributed by atoms with van der Waals surface area (Å²) in [4.78, 5) is 37.8. The third kappa shape index (κ3) is 45.7. The van der Waals surface area contributed by atoms with Gasteiger partial charge in [0.15, 0.2) is 6.10 Å². The second-order valence-corrected chi connectivity index (χ2v) is 16.0. The van der Waals surface area contributed by atoms with E-state index in [1.165, 1.54) is 38.5 Å². The Kier molecular flexibility index (Phi) is 45.5. The third-order valence-corrected chi connectivity index (χ3v) is 10.1. The Morgan fingerprint density at radius 1 is 0.350 bits per heavy atom. The second-order valence-electron chi connectivity index (χ2n) is 16.0. The van der Waals surface area contributed by atoms with Gasteiger partial charge < -0.3 is 14.2 Å². The van der Waals surface area contributed by atoms with Gasteiger partial charge >= 0.3 is 17.9 Å². The first-order chi connectivity index (χ1) is 29.5. The molecule has 0 fully saturated rings. The Balaban J connectivity index is 4.34. The van der Waals surface area contributed by atoms with Gasteiger partial charge in [-0.15, -0.1) is 0 Å². The van der Waals surface area contributed by atoms with Crippen LogP contribution in [0.5, 0.6) is 0 Å². The Bertz CT molecular complexity index is 1190. The number of carbonyl (C=O) groups is 3. The van der Waals surface area contributed by atoms with Crippen LogP contribution in [0.15, 0.2) is 85.1 Å². The van der Waals surface area contributed by atoms with Crippen LogP contribution in [0.3, 0.4) is 0 Å². The fraction of sp³-hybridized carbons (Fsp3) is 0.685. The van der Waals surface area contributed by atoms with Crippen LogP contribution in [0.4, 0.5) is 0 Å². The minimum Gasteiger partial charge on any atom is -0.462 e. The average Bonchev–Trinajstić information content (AvgIpc) is 3.24. The van der Waals surface area contributed by atoms with Crippen LogP contribution in [0.25, 0.3) is 0 Å². The van der Waals surface area contributed by atoms with Crippen molar-refractivity contribution in [2.75, 3.05) is 13.2 Å². The van der Waals surface area contributed by atoms with Crippen molar-refractivity contribution < 1.29 is 28.6 Å². The van der Waals surface area contributed by atoms with Gasteiger partial charge in [0, 0.05) is 19.3 Å². The van der Waals surface area contributed by atoms with Crippen molar-refractivity contribution in [2.45, 2.75) is 226 Å². The Hall–Kier alpha value is -3.41. The molecule has 6 heteroatoms. The summed E-state index contributed by atoms with van der Waals surface area (Å²) in [6.45, 7) is 6.39. The van der Waals surface area contributed by atoms with Crippen molar-refractivity contribution in [2.24, 2.45) is 0 Å².